The van der Waals surface area contributed by atoms with Crippen molar-refractivity contribution in [1.82, 2.24) is 0 Å². The third-order valence-electron chi connectivity index (χ3n) is 1.94. The third-order valence-corrected chi connectivity index (χ3v) is 1.94. The van der Waals surface area contributed by atoms with Crippen LogP contribution in [-0.4, -0.2) is 35.5 Å². The summed E-state index contributed by atoms with van der Waals surface area (Å²) in [6, 6.07) is 0. The van der Waals surface area contributed by atoms with Gasteiger partial charge in [0.15, 0.2) is 0 Å². The van der Waals surface area contributed by atoms with Crippen LogP contribution in [0.25, 0.3) is 0 Å². The number of ether oxygens (including phenoxy) is 1. The molecule has 0 radical (unpaired) electrons. The predicted molar refractivity (Wildman–Crippen MR) is 52.8 cm³/mol. The fourth-order valence-corrected chi connectivity index (χ4v) is 1.18. The Bertz CT molecular complexity index is 147. The molecule has 14 heavy (non-hydrogen) atoms. The van der Waals surface area contributed by atoms with Crippen molar-refractivity contribution in [2.75, 3.05) is 13.2 Å². The Morgan fingerprint density at radius 2 is 2.07 bits per heavy atom. The minimum absolute atomic E-state index is 0.0129. The number of esters is 1. The number of carbonyl (C=O) groups excluding carboxylic acids is 1. The molecule has 0 fully saturated rings. The maximum Gasteiger partial charge on any atom is 0.305 e. The number of rotatable bonds is 8. The van der Waals surface area contributed by atoms with E-state index in [9.17, 15) is 9.90 Å². The molecule has 84 valence electrons. The van der Waals surface area contributed by atoms with Crippen LogP contribution in [0.2, 0.25) is 0 Å². The fourth-order valence-electron chi connectivity index (χ4n) is 1.18. The van der Waals surface area contributed by atoms with Crippen molar-refractivity contribution in [2.45, 2.75) is 45.1 Å². The number of aliphatic hydroxyl groups excluding tert-OH is 2. The summed E-state index contributed by atoms with van der Waals surface area (Å²) in [5.74, 6) is -0.177. The SMILES string of the molecule is CCOC(=O)CCCC[C@@H](O)CCO. The van der Waals surface area contributed by atoms with E-state index in [1.165, 1.54) is 0 Å². The molecule has 4 heteroatoms. The lowest BCUT2D eigenvalue weighted by Gasteiger charge is -2.07. The van der Waals surface area contributed by atoms with Crippen LogP contribution >= 0.6 is 0 Å². The van der Waals surface area contributed by atoms with Gasteiger partial charge in [0.05, 0.1) is 12.7 Å². The van der Waals surface area contributed by atoms with Gasteiger partial charge in [-0.25, -0.2) is 0 Å². The Morgan fingerprint density at radius 3 is 2.64 bits per heavy atom. The molecule has 0 bridgehead atoms. The van der Waals surface area contributed by atoms with Gasteiger partial charge in [-0.3, -0.25) is 4.79 Å². The van der Waals surface area contributed by atoms with Crippen molar-refractivity contribution < 1.29 is 19.7 Å². The lowest BCUT2D eigenvalue weighted by Crippen LogP contribution is -2.09. The number of carbonyl (C=O) groups is 1. The first kappa shape index (κ1) is 13.4. The van der Waals surface area contributed by atoms with Gasteiger partial charge in [-0.1, -0.05) is 6.42 Å². The van der Waals surface area contributed by atoms with Crippen LogP contribution in [0.5, 0.6) is 0 Å². The molecule has 0 aliphatic rings. The molecule has 0 unspecified atom stereocenters. The second kappa shape index (κ2) is 8.97. The third kappa shape index (κ3) is 8.01. The molecular formula is C10H20O4. The van der Waals surface area contributed by atoms with Crippen LogP contribution in [0.3, 0.4) is 0 Å². The molecule has 1 atom stereocenters. The molecule has 0 aromatic heterocycles. The van der Waals surface area contributed by atoms with Gasteiger partial charge in [-0.15, -0.1) is 0 Å². The summed E-state index contributed by atoms with van der Waals surface area (Å²) < 4.78 is 4.75. The first-order valence-electron chi connectivity index (χ1n) is 5.15. The highest BCUT2D eigenvalue weighted by Gasteiger charge is 2.04. The minimum Gasteiger partial charge on any atom is -0.466 e. The second-order valence-electron chi connectivity index (χ2n) is 3.22. The van der Waals surface area contributed by atoms with E-state index < -0.39 is 6.10 Å². The van der Waals surface area contributed by atoms with Crippen LogP contribution in [0.15, 0.2) is 0 Å². The van der Waals surface area contributed by atoms with Gasteiger partial charge >= 0.3 is 5.97 Å². The standard InChI is InChI=1S/C10H20O4/c1-2-14-10(13)6-4-3-5-9(12)7-8-11/h9,11-12H,2-8H2,1H3/t9-/m1/s1. The largest absolute Gasteiger partial charge is 0.466 e. The first-order valence-corrected chi connectivity index (χ1v) is 5.15. The van der Waals surface area contributed by atoms with E-state index >= 15 is 0 Å². The quantitative estimate of drug-likeness (QED) is 0.454. The highest BCUT2D eigenvalue weighted by atomic mass is 16.5. The van der Waals surface area contributed by atoms with Crippen LogP contribution in [-0.2, 0) is 9.53 Å². The summed E-state index contributed by atoms with van der Waals surface area (Å²) in [6.07, 6.45) is 2.56. The van der Waals surface area contributed by atoms with E-state index in [4.69, 9.17) is 9.84 Å². The predicted octanol–water partition coefficient (Wildman–Crippen LogP) is 0.853. The van der Waals surface area contributed by atoms with Crippen LogP contribution in [0, 0.1) is 0 Å². The molecule has 0 rings (SSSR count). The average molecular weight is 204 g/mol. The van der Waals surface area contributed by atoms with Gasteiger partial charge < -0.3 is 14.9 Å². The monoisotopic (exact) mass is 204 g/mol. The summed E-state index contributed by atoms with van der Waals surface area (Å²) in [4.78, 5) is 10.9. The zero-order chi connectivity index (χ0) is 10.8. The average Bonchev–Trinajstić information content (AvgIpc) is 2.13. The van der Waals surface area contributed by atoms with Gasteiger partial charge in [0, 0.05) is 13.0 Å². The second-order valence-corrected chi connectivity index (χ2v) is 3.22. The van der Waals surface area contributed by atoms with Crippen molar-refractivity contribution in [3.63, 3.8) is 0 Å². The van der Waals surface area contributed by atoms with Crippen molar-refractivity contribution in [1.29, 1.82) is 0 Å². The van der Waals surface area contributed by atoms with E-state index in [1.807, 2.05) is 0 Å². The summed E-state index contributed by atoms with van der Waals surface area (Å²) >= 11 is 0. The number of hydrogen-bond acceptors (Lipinski definition) is 4. The van der Waals surface area contributed by atoms with Crippen molar-refractivity contribution in [2.24, 2.45) is 0 Å². The highest BCUT2D eigenvalue weighted by molar-refractivity contribution is 5.69. The van der Waals surface area contributed by atoms with E-state index in [0.717, 1.165) is 12.8 Å². The molecule has 0 aromatic carbocycles. The Labute approximate surface area is 84.9 Å². The van der Waals surface area contributed by atoms with Crippen LogP contribution < -0.4 is 0 Å². The Morgan fingerprint density at radius 1 is 1.36 bits per heavy atom. The number of hydrogen-bond donors (Lipinski definition) is 2. The van der Waals surface area contributed by atoms with Gasteiger partial charge in [-0.05, 0) is 26.2 Å². The lowest BCUT2D eigenvalue weighted by atomic mass is 10.1. The zero-order valence-corrected chi connectivity index (χ0v) is 8.74. The lowest BCUT2D eigenvalue weighted by molar-refractivity contribution is -0.143. The summed E-state index contributed by atoms with van der Waals surface area (Å²) in [6.45, 7) is 2.22. The Kier molecular flexibility index (Phi) is 8.57. The van der Waals surface area contributed by atoms with E-state index in [2.05, 4.69) is 0 Å². The summed E-state index contributed by atoms with van der Waals surface area (Å²) in [7, 11) is 0. The Hall–Kier alpha value is -0.610. The summed E-state index contributed by atoms with van der Waals surface area (Å²) in [5.41, 5.74) is 0. The van der Waals surface area contributed by atoms with Gasteiger partial charge in [-0.2, -0.15) is 0 Å². The first-order chi connectivity index (χ1) is 6.70. The number of aliphatic hydroxyl groups is 2. The molecular weight excluding hydrogens is 184 g/mol. The topological polar surface area (TPSA) is 66.8 Å². The minimum atomic E-state index is -0.442. The maximum absolute atomic E-state index is 10.9. The molecule has 4 nitrogen and oxygen atoms in total. The molecule has 0 aliphatic carbocycles. The fraction of sp³-hybridized carbons (Fsp3) is 0.900. The van der Waals surface area contributed by atoms with Crippen LogP contribution in [0.1, 0.15) is 39.0 Å². The van der Waals surface area contributed by atoms with Crippen LogP contribution in [0.4, 0.5) is 0 Å². The normalized spacial score (nSPS) is 12.5. The maximum atomic E-state index is 10.9. The molecule has 0 spiro atoms. The molecule has 0 amide bonds. The molecule has 2 N–H and O–H groups in total. The Balaban J connectivity index is 3.24. The van der Waals surface area contributed by atoms with E-state index in [0.29, 0.717) is 25.9 Å². The van der Waals surface area contributed by atoms with E-state index in [1.54, 1.807) is 6.92 Å². The molecule has 0 saturated carbocycles. The molecule has 0 saturated heterocycles. The smallest absolute Gasteiger partial charge is 0.305 e. The molecule has 0 aromatic rings. The summed E-state index contributed by atoms with van der Waals surface area (Å²) in [5, 5.41) is 17.8. The van der Waals surface area contributed by atoms with Gasteiger partial charge in [0.2, 0.25) is 0 Å². The number of unbranched alkanes of at least 4 members (excludes halogenated alkanes) is 1. The van der Waals surface area contributed by atoms with Crippen molar-refractivity contribution in [3.8, 4) is 0 Å². The van der Waals surface area contributed by atoms with Crippen molar-refractivity contribution >= 4 is 5.97 Å². The highest BCUT2D eigenvalue weighted by Crippen LogP contribution is 2.06. The molecule has 0 aliphatic heterocycles. The zero-order valence-electron chi connectivity index (χ0n) is 8.74. The van der Waals surface area contributed by atoms with Crippen molar-refractivity contribution in [3.05, 3.63) is 0 Å². The van der Waals surface area contributed by atoms with E-state index in [-0.39, 0.29) is 12.6 Å². The van der Waals surface area contributed by atoms with Gasteiger partial charge in [0.1, 0.15) is 0 Å². The van der Waals surface area contributed by atoms with Gasteiger partial charge in [0.25, 0.3) is 0 Å². The molecule has 0 heterocycles.